The number of nitrogens with two attached hydrogens (primary N) is 1. The van der Waals surface area contributed by atoms with Crippen LogP contribution in [0.4, 0.5) is 5.69 Å². The molecule has 2 N–H and O–H groups in total. The fraction of sp³-hybridized carbons (Fsp3) is 0.357. The molecule has 0 atom stereocenters. The molecule has 2 heterocycles. The third-order valence-corrected chi connectivity index (χ3v) is 3.50. The van der Waals surface area contributed by atoms with Crippen LogP contribution >= 0.6 is 0 Å². The molecule has 0 unspecified atom stereocenters. The van der Waals surface area contributed by atoms with Crippen LogP contribution in [0.1, 0.15) is 17.7 Å². The molecule has 3 rings (SSSR count). The van der Waals surface area contributed by atoms with E-state index in [1.54, 1.807) is 10.9 Å². The Morgan fingerprint density at radius 1 is 1.35 bits per heavy atom. The zero-order valence-electron chi connectivity index (χ0n) is 11.2. The van der Waals surface area contributed by atoms with Crippen LogP contribution in [-0.4, -0.2) is 27.4 Å². The number of carbonyl (C=O) groups is 1. The van der Waals surface area contributed by atoms with E-state index in [-0.39, 0.29) is 12.5 Å². The number of benzene rings is 1. The van der Waals surface area contributed by atoms with Gasteiger partial charge >= 0.3 is 0 Å². The Hall–Kier alpha value is -2.21. The summed E-state index contributed by atoms with van der Waals surface area (Å²) >= 11 is 0. The van der Waals surface area contributed by atoms with Crippen molar-refractivity contribution in [3.05, 3.63) is 41.7 Å². The number of rotatable bonds is 3. The van der Waals surface area contributed by atoms with Gasteiger partial charge in [-0.15, -0.1) is 5.10 Å². The van der Waals surface area contributed by atoms with Crippen molar-refractivity contribution in [3.63, 3.8) is 0 Å². The Labute approximate surface area is 117 Å². The van der Waals surface area contributed by atoms with E-state index in [1.807, 2.05) is 23.1 Å². The number of fused-ring (bicyclic) bond motifs is 1. The van der Waals surface area contributed by atoms with E-state index in [9.17, 15) is 4.79 Å². The lowest BCUT2D eigenvalue weighted by Crippen LogP contribution is -2.37. The van der Waals surface area contributed by atoms with Gasteiger partial charge in [-0.1, -0.05) is 23.4 Å². The minimum absolute atomic E-state index is 0.0330. The lowest BCUT2D eigenvalue weighted by Gasteiger charge is -2.29. The van der Waals surface area contributed by atoms with E-state index in [2.05, 4.69) is 16.4 Å². The highest BCUT2D eigenvalue weighted by Gasteiger charge is 2.22. The van der Waals surface area contributed by atoms with Crippen LogP contribution in [0.3, 0.4) is 0 Å². The lowest BCUT2D eigenvalue weighted by molar-refractivity contribution is -0.119. The highest BCUT2D eigenvalue weighted by Crippen LogP contribution is 2.26. The number of amides is 1. The van der Waals surface area contributed by atoms with Crippen LogP contribution in [-0.2, 0) is 24.3 Å². The zero-order chi connectivity index (χ0) is 13.9. The number of hydrogen-bond donors (Lipinski definition) is 1. The van der Waals surface area contributed by atoms with Crippen LogP contribution in [0.25, 0.3) is 0 Å². The van der Waals surface area contributed by atoms with E-state index >= 15 is 0 Å². The first kappa shape index (κ1) is 12.8. The number of para-hydroxylation sites is 1. The zero-order valence-corrected chi connectivity index (χ0v) is 11.2. The van der Waals surface area contributed by atoms with Gasteiger partial charge in [0.25, 0.3) is 0 Å². The van der Waals surface area contributed by atoms with Crippen molar-refractivity contribution in [2.24, 2.45) is 5.73 Å². The molecule has 6 heteroatoms. The minimum Gasteiger partial charge on any atom is -0.325 e. The molecule has 2 aromatic rings. The summed E-state index contributed by atoms with van der Waals surface area (Å²) in [4.78, 5) is 14.3. The first-order chi connectivity index (χ1) is 9.78. The highest BCUT2D eigenvalue weighted by molar-refractivity contribution is 5.94. The molecule has 0 spiro atoms. The van der Waals surface area contributed by atoms with Crippen molar-refractivity contribution in [2.45, 2.75) is 25.9 Å². The smallest absolute Gasteiger partial charge is 0.248 e. The number of hydrogen-bond acceptors (Lipinski definition) is 4. The molecule has 0 aliphatic carbocycles. The molecule has 6 nitrogen and oxygen atoms in total. The maximum atomic E-state index is 12.4. The number of aryl methyl sites for hydroxylation is 1. The third-order valence-electron chi connectivity index (χ3n) is 3.50. The van der Waals surface area contributed by atoms with E-state index in [0.29, 0.717) is 12.2 Å². The minimum atomic E-state index is 0.0330. The predicted molar refractivity (Wildman–Crippen MR) is 75.0 cm³/mol. The van der Waals surface area contributed by atoms with Gasteiger partial charge < -0.3 is 10.6 Å². The molecule has 1 amide bonds. The molecular formula is C14H17N5O. The van der Waals surface area contributed by atoms with Gasteiger partial charge in [0, 0.05) is 18.8 Å². The van der Waals surface area contributed by atoms with Crippen LogP contribution in [0.15, 0.2) is 30.5 Å². The Balaban J connectivity index is 1.78. The van der Waals surface area contributed by atoms with Gasteiger partial charge in [0.15, 0.2) is 0 Å². The van der Waals surface area contributed by atoms with E-state index in [0.717, 1.165) is 25.1 Å². The first-order valence-electron chi connectivity index (χ1n) is 6.75. The largest absolute Gasteiger partial charge is 0.325 e. The Morgan fingerprint density at radius 2 is 2.20 bits per heavy atom. The fourth-order valence-corrected chi connectivity index (χ4v) is 2.53. The molecule has 104 valence electrons. The molecule has 1 aromatic heterocycles. The van der Waals surface area contributed by atoms with Crippen LogP contribution in [0.2, 0.25) is 0 Å². The maximum Gasteiger partial charge on any atom is 0.248 e. The number of nitrogens with zero attached hydrogens (tertiary/aromatic N) is 4. The first-order valence-corrected chi connectivity index (χ1v) is 6.75. The summed E-state index contributed by atoms with van der Waals surface area (Å²) in [5, 5.41) is 7.81. The van der Waals surface area contributed by atoms with Gasteiger partial charge in [-0.3, -0.25) is 4.79 Å². The average Bonchev–Trinajstić information content (AvgIpc) is 2.94. The second-order valence-corrected chi connectivity index (χ2v) is 4.89. The molecule has 0 fully saturated rings. The monoisotopic (exact) mass is 271 g/mol. The standard InChI is InChI=1S/C14H17N5O/c15-8-12-9-18(17-16-12)10-14(20)19-7-3-5-11-4-1-2-6-13(11)19/h1-2,4,6,9H,3,5,7-8,10,15H2. The van der Waals surface area contributed by atoms with Gasteiger partial charge in [0.05, 0.1) is 11.9 Å². The van der Waals surface area contributed by atoms with Crippen LogP contribution < -0.4 is 10.6 Å². The normalized spacial score (nSPS) is 14.2. The number of aromatic nitrogens is 3. The summed E-state index contributed by atoms with van der Waals surface area (Å²) < 4.78 is 1.54. The molecule has 0 saturated carbocycles. The maximum absolute atomic E-state index is 12.4. The van der Waals surface area contributed by atoms with Gasteiger partial charge in [-0.05, 0) is 24.5 Å². The summed E-state index contributed by atoms with van der Waals surface area (Å²) in [6, 6.07) is 8.06. The van der Waals surface area contributed by atoms with Crippen LogP contribution in [0, 0.1) is 0 Å². The van der Waals surface area contributed by atoms with E-state index in [1.165, 1.54) is 5.56 Å². The Morgan fingerprint density at radius 3 is 3.00 bits per heavy atom. The molecular weight excluding hydrogens is 254 g/mol. The summed E-state index contributed by atoms with van der Waals surface area (Å²) in [5.74, 6) is 0.0330. The molecule has 0 saturated heterocycles. The van der Waals surface area contributed by atoms with Crippen molar-refractivity contribution < 1.29 is 4.79 Å². The summed E-state index contributed by atoms with van der Waals surface area (Å²) in [7, 11) is 0. The van der Waals surface area contributed by atoms with Gasteiger partial charge in [0.1, 0.15) is 6.54 Å². The SMILES string of the molecule is NCc1cn(CC(=O)N2CCCc3ccccc32)nn1. The van der Waals surface area contributed by atoms with E-state index in [4.69, 9.17) is 5.73 Å². The molecule has 1 aromatic carbocycles. The quantitative estimate of drug-likeness (QED) is 0.892. The van der Waals surface area contributed by atoms with Crippen molar-refractivity contribution in [1.29, 1.82) is 0 Å². The predicted octanol–water partition coefficient (Wildman–Crippen LogP) is 0.716. The van der Waals surface area contributed by atoms with Crippen molar-refractivity contribution >= 4 is 11.6 Å². The van der Waals surface area contributed by atoms with Crippen molar-refractivity contribution in [2.75, 3.05) is 11.4 Å². The number of carbonyl (C=O) groups excluding carboxylic acids is 1. The van der Waals surface area contributed by atoms with Crippen molar-refractivity contribution in [1.82, 2.24) is 15.0 Å². The lowest BCUT2D eigenvalue weighted by atomic mass is 10.0. The molecule has 0 bridgehead atoms. The molecule has 0 radical (unpaired) electrons. The van der Waals surface area contributed by atoms with E-state index < -0.39 is 0 Å². The molecule has 1 aliphatic rings. The Bertz CT molecular complexity index is 622. The van der Waals surface area contributed by atoms with Gasteiger partial charge in [-0.2, -0.15) is 0 Å². The second kappa shape index (κ2) is 5.42. The topological polar surface area (TPSA) is 77.0 Å². The second-order valence-electron chi connectivity index (χ2n) is 4.89. The Kier molecular flexibility index (Phi) is 3.47. The number of anilines is 1. The van der Waals surface area contributed by atoms with Gasteiger partial charge in [0.2, 0.25) is 5.91 Å². The average molecular weight is 271 g/mol. The molecule has 1 aliphatic heterocycles. The summed E-state index contributed by atoms with van der Waals surface area (Å²) in [6.45, 7) is 1.29. The van der Waals surface area contributed by atoms with Crippen LogP contribution in [0.5, 0.6) is 0 Å². The van der Waals surface area contributed by atoms with Crippen molar-refractivity contribution in [3.8, 4) is 0 Å². The third kappa shape index (κ3) is 2.42. The summed E-state index contributed by atoms with van der Waals surface area (Å²) in [6.07, 6.45) is 3.74. The summed E-state index contributed by atoms with van der Waals surface area (Å²) in [5.41, 5.74) is 8.43. The fourth-order valence-electron chi connectivity index (χ4n) is 2.53. The molecule has 20 heavy (non-hydrogen) atoms. The highest BCUT2D eigenvalue weighted by atomic mass is 16.2. The van der Waals surface area contributed by atoms with Gasteiger partial charge in [-0.25, -0.2) is 4.68 Å².